The van der Waals surface area contributed by atoms with Gasteiger partial charge in [-0.05, 0) is 48.9 Å². The Labute approximate surface area is 89.6 Å². The second-order valence-electron chi connectivity index (χ2n) is 4.42. The largest absolute Gasteiger partial charge is 0.371 e. The summed E-state index contributed by atoms with van der Waals surface area (Å²) in [5.74, 6) is 0. The molecule has 0 amide bonds. The molecule has 3 heteroatoms. The average molecular weight is 201 g/mol. The third-order valence-corrected chi connectivity index (χ3v) is 3.45. The van der Waals surface area contributed by atoms with E-state index >= 15 is 0 Å². The normalized spacial score (nSPS) is 18.5. The first-order valence-corrected chi connectivity index (χ1v) is 5.67. The van der Waals surface area contributed by atoms with E-state index in [1.165, 1.54) is 42.7 Å². The second-order valence-corrected chi connectivity index (χ2v) is 4.42. The monoisotopic (exact) mass is 201 g/mol. The van der Waals surface area contributed by atoms with E-state index in [0.717, 1.165) is 18.5 Å². The number of nitrogens with zero attached hydrogens (tertiary/aromatic N) is 2. The number of nitrogens with one attached hydrogen (secondary N) is 1. The fourth-order valence-electron chi connectivity index (χ4n) is 2.85. The predicted molar refractivity (Wildman–Crippen MR) is 60.1 cm³/mol. The lowest BCUT2D eigenvalue weighted by Gasteiger charge is -2.36. The first-order valence-electron chi connectivity index (χ1n) is 5.67. The summed E-state index contributed by atoms with van der Waals surface area (Å²) < 4.78 is 0. The first-order chi connectivity index (χ1) is 7.38. The van der Waals surface area contributed by atoms with Gasteiger partial charge in [-0.1, -0.05) is 0 Å². The molecule has 1 aromatic carbocycles. The Bertz CT molecular complexity index is 380. The summed E-state index contributed by atoms with van der Waals surface area (Å²) >= 11 is 0. The van der Waals surface area contributed by atoms with Crippen LogP contribution in [0.15, 0.2) is 17.2 Å². The van der Waals surface area contributed by atoms with E-state index in [4.69, 9.17) is 5.53 Å². The Morgan fingerprint density at radius 3 is 2.20 bits per heavy atom. The van der Waals surface area contributed by atoms with Gasteiger partial charge >= 0.3 is 0 Å². The van der Waals surface area contributed by atoms with Gasteiger partial charge in [-0.2, -0.15) is 5.11 Å². The fraction of sp³-hybridized carbons (Fsp3) is 0.500. The zero-order valence-corrected chi connectivity index (χ0v) is 8.79. The predicted octanol–water partition coefficient (Wildman–Crippen LogP) is 3.05. The third-order valence-electron chi connectivity index (χ3n) is 3.45. The average Bonchev–Trinajstić information content (AvgIpc) is 2.29. The van der Waals surface area contributed by atoms with Crippen LogP contribution in [0.2, 0.25) is 0 Å². The molecule has 0 bridgehead atoms. The Morgan fingerprint density at radius 1 is 1.07 bits per heavy atom. The van der Waals surface area contributed by atoms with Crippen molar-refractivity contribution >= 4 is 11.4 Å². The maximum absolute atomic E-state index is 7.11. The zero-order chi connectivity index (χ0) is 10.3. The van der Waals surface area contributed by atoms with Crippen molar-refractivity contribution in [3.63, 3.8) is 0 Å². The molecule has 0 spiro atoms. The lowest BCUT2D eigenvalue weighted by atomic mass is 9.91. The molecule has 0 saturated carbocycles. The van der Waals surface area contributed by atoms with Crippen molar-refractivity contribution in [1.82, 2.24) is 0 Å². The van der Waals surface area contributed by atoms with Crippen LogP contribution in [0.5, 0.6) is 0 Å². The number of benzene rings is 1. The summed E-state index contributed by atoms with van der Waals surface area (Å²) in [4.78, 5) is 2.51. The van der Waals surface area contributed by atoms with E-state index in [-0.39, 0.29) is 0 Å². The van der Waals surface area contributed by atoms with Gasteiger partial charge in [0.05, 0.1) is 5.69 Å². The molecule has 0 atom stereocenters. The minimum absolute atomic E-state index is 0.826. The number of aryl methyl sites for hydroxylation is 2. The van der Waals surface area contributed by atoms with Crippen molar-refractivity contribution in [1.29, 1.82) is 5.53 Å². The van der Waals surface area contributed by atoms with Gasteiger partial charge in [0.15, 0.2) is 0 Å². The lowest BCUT2D eigenvalue weighted by molar-refractivity contribution is 0.634. The van der Waals surface area contributed by atoms with Crippen molar-refractivity contribution in [2.45, 2.75) is 25.7 Å². The van der Waals surface area contributed by atoms with E-state index in [0.29, 0.717) is 0 Å². The van der Waals surface area contributed by atoms with Gasteiger partial charge in [0, 0.05) is 18.8 Å². The maximum atomic E-state index is 7.11. The molecule has 2 aliphatic rings. The number of hydrogen-bond acceptors (Lipinski definition) is 3. The van der Waals surface area contributed by atoms with Gasteiger partial charge in [-0.25, -0.2) is 5.53 Å². The molecule has 1 N–H and O–H groups in total. The molecule has 0 radical (unpaired) electrons. The molecule has 0 saturated heterocycles. The Morgan fingerprint density at radius 2 is 1.67 bits per heavy atom. The molecule has 2 heterocycles. The summed E-state index contributed by atoms with van der Waals surface area (Å²) in [5.41, 5.74) is 12.2. The molecular formula is C12H15N3. The third kappa shape index (κ3) is 1.34. The van der Waals surface area contributed by atoms with E-state index in [1.54, 1.807) is 0 Å². The van der Waals surface area contributed by atoms with E-state index in [1.807, 2.05) is 0 Å². The lowest BCUT2D eigenvalue weighted by Crippen LogP contribution is -2.34. The highest BCUT2D eigenvalue weighted by atomic mass is 15.1. The van der Waals surface area contributed by atoms with Crippen LogP contribution in [0.1, 0.15) is 24.0 Å². The van der Waals surface area contributed by atoms with Gasteiger partial charge in [-0.3, -0.25) is 0 Å². The molecule has 0 fully saturated rings. The molecular weight excluding hydrogens is 186 g/mol. The number of anilines is 1. The van der Waals surface area contributed by atoms with Crippen molar-refractivity contribution < 1.29 is 0 Å². The molecule has 0 aromatic heterocycles. The van der Waals surface area contributed by atoms with Gasteiger partial charge in [0.2, 0.25) is 0 Å². The van der Waals surface area contributed by atoms with Crippen LogP contribution in [-0.4, -0.2) is 13.1 Å². The molecule has 3 rings (SSSR count). The highest BCUT2D eigenvalue weighted by molar-refractivity contribution is 5.67. The Kier molecular flexibility index (Phi) is 1.97. The Balaban J connectivity index is 2.19. The van der Waals surface area contributed by atoms with Crippen LogP contribution in [0.3, 0.4) is 0 Å². The molecule has 0 unspecified atom stereocenters. The zero-order valence-electron chi connectivity index (χ0n) is 8.79. The van der Waals surface area contributed by atoms with Crippen LogP contribution in [0.4, 0.5) is 11.4 Å². The van der Waals surface area contributed by atoms with Gasteiger partial charge in [0.1, 0.15) is 0 Å². The number of hydrogen-bond donors (Lipinski definition) is 1. The van der Waals surface area contributed by atoms with Crippen LogP contribution in [-0.2, 0) is 12.8 Å². The molecule has 15 heavy (non-hydrogen) atoms. The van der Waals surface area contributed by atoms with Crippen molar-refractivity contribution in [2.24, 2.45) is 5.11 Å². The standard InChI is InChI=1S/C12H15N3/c13-14-11-7-9-3-1-5-15-6-2-4-10(8-11)12(9)15/h7-8,13H,1-6H2. The van der Waals surface area contributed by atoms with Crippen molar-refractivity contribution in [2.75, 3.05) is 18.0 Å². The van der Waals surface area contributed by atoms with Crippen LogP contribution in [0.25, 0.3) is 0 Å². The van der Waals surface area contributed by atoms with Gasteiger partial charge < -0.3 is 4.90 Å². The molecule has 2 aliphatic heterocycles. The quantitative estimate of drug-likeness (QED) is 0.697. The van der Waals surface area contributed by atoms with E-state index in [9.17, 15) is 0 Å². The number of rotatable bonds is 1. The molecule has 78 valence electrons. The summed E-state index contributed by atoms with van der Waals surface area (Å²) in [6.45, 7) is 2.41. The van der Waals surface area contributed by atoms with Crippen LogP contribution >= 0.6 is 0 Å². The topological polar surface area (TPSA) is 39.5 Å². The van der Waals surface area contributed by atoms with Gasteiger partial charge in [0.25, 0.3) is 0 Å². The smallest absolute Gasteiger partial charge is 0.0857 e. The maximum Gasteiger partial charge on any atom is 0.0857 e. The van der Waals surface area contributed by atoms with Gasteiger partial charge in [-0.15, -0.1) is 0 Å². The van der Waals surface area contributed by atoms with E-state index in [2.05, 4.69) is 22.1 Å². The molecule has 3 nitrogen and oxygen atoms in total. The highest BCUT2D eigenvalue weighted by Gasteiger charge is 2.23. The SMILES string of the molecule is N=Nc1cc2c3c(c1)CCCN3CCC2. The fourth-order valence-corrected chi connectivity index (χ4v) is 2.85. The second kappa shape index (κ2) is 3.33. The van der Waals surface area contributed by atoms with E-state index < -0.39 is 0 Å². The minimum atomic E-state index is 0.826. The minimum Gasteiger partial charge on any atom is -0.371 e. The van der Waals surface area contributed by atoms with Crippen LogP contribution < -0.4 is 4.90 Å². The highest BCUT2D eigenvalue weighted by Crippen LogP contribution is 2.37. The van der Waals surface area contributed by atoms with Crippen molar-refractivity contribution in [3.8, 4) is 0 Å². The summed E-state index contributed by atoms with van der Waals surface area (Å²) in [6, 6.07) is 4.17. The molecule has 1 aromatic rings. The molecule has 0 aliphatic carbocycles. The summed E-state index contributed by atoms with van der Waals surface area (Å²) in [6.07, 6.45) is 4.80. The summed E-state index contributed by atoms with van der Waals surface area (Å²) in [5, 5.41) is 3.57. The van der Waals surface area contributed by atoms with Crippen LogP contribution in [0, 0.1) is 5.53 Å². The first kappa shape index (κ1) is 8.89. The summed E-state index contributed by atoms with van der Waals surface area (Å²) in [7, 11) is 0. The Hall–Kier alpha value is -1.38. The van der Waals surface area contributed by atoms with Crippen molar-refractivity contribution in [3.05, 3.63) is 23.3 Å².